The molecule has 8 heteroatoms. The van der Waals surface area contributed by atoms with Crippen molar-refractivity contribution in [1.82, 2.24) is 4.72 Å². The van der Waals surface area contributed by atoms with Crippen LogP contribution < -0.4 is 4.72 Å². The molecule has 0 fully saturated rings. The standard InChI is InChI=1S/C13H17F2NO4S/c1-8(2)6-12(13(17)20-3)16-21(18,19)9-4-5-10(14)11(15)7-9/h4-5,7-8,12,16H,6H2,1-3H3. The zero-order valence-electron chi connectivity index (χ0n) is 11.9. The first-order valence-corrected chi connectivity index (χ1v) is 7.71. The maximum atomic E-state index is 13.1. The second kappa shape index (κ2) is 6.95. The van der Waals surface area contributed by atoms with Crippen molar-refractivity contribution in [2.75, 3.05) is 7.11 Å². The van der Waals surface area contributed by atoms with Gasteiger partial charge in [0.05, 0.1) is 12.0 Å². The number of nitrogens with one attached hydrogen (secondary N) is 1. The quantitative estimate of drug-likeness (QED) is 0.811. The van der Waals surface area contributed by atoms with Gasteiger partial charge in [-0.1, -0.05) is 13.8 Å². The van der Waals surface area contributed by atoms with Gasteiger partial charge in [-0.3, -0.25) is 4.79 Å². The number of halogens is 2. The molecule has 1 aromatic carbocycles. The van der Waals surface area contributed by atoms with Crippen LogP contribution in [0.25, 0.3) is 0 Å². The second-order valence-corrected chi connectivity index (χ2v) is 6.62. The maximum Gasteiger partial charge on any atom is 0.323 e. The summed E-state index contributed by atoms with van der Waals surface area (Å²) in [5.41, 5.74) is 0. The summed E-state index contributed by atoms with van der Waals surface area (Å²) in [6.07, 6.45) is 0.218. The minimum Gasteiger partial charge on any atom is -0.468 e. The summed E-state index contributed by atoms with van der Waals surface area (Å²) in [6.45, 7) is 3.61. The van der Waals surface area contributed by atoms with Crippen LogP contribution in [0.5, 0.6) is 0 Å². The van der Waals surface area contributed by atoms with Crippen molar-refractivity contribution in [3.05, 3.63) is 29.8 Å². The van der Waals surface area contributed by atoms with Crippen molar-refractivity contribution in [3.8, 4) is 0 Å². The summed E-state index contributed by atoms with van der Waals surface area (Å²) < 4.78 is 56.8. The van der Waals surface area contributed by atoms with Crippen molar-refractivity contribution in [1.29, 1.82) is 0 Å². The van der Waals surface area contributed by atoms with Gasteiger partial charge in [-0.25, -0.2) is 17.2 Å². The Labute approximate surface area is 122 Å². The lowest BCUT2D eigenvalue weighted by atomic mass is 10.1. The molecule has 0 bridgehead atoms. The van der Waals surface area contributed by atoms with Gasteiger partial charge in [0, 0.05) is 0 Å². The van der Waals surface area contributed by atoms with Gasteiger partial charge in [0.25, 0.3) is 0 Å². The highest BCUT2D eigenvalue weighted by molar-refractivity contribution is 7.89. The third-order valence-corrected chi connectivity index (χ3v) is 4.16. The van der Waals surface area contributed by atoms with E-state index in [4.69, 9.17) is 0 Å². The summed E-state index contributed by atoms with van der Waals surface area (Å²) in [6, 6.07) is 1.10. The molecule has 1 unspecified atom stereocenters. The molecular weight excluding hydrogens is 304 g/mol. The number of ether oxygens (including phenoxy) is 1. The molecule has 21 heavy (non-hydrogen) atoms. The molecule has 0 saturated heterocycles. The highest BCUT2D eigenvalue weighted by Crippen LogP contribution is 2.16. The Morgan fingerprint density at radius 3 is 2.38 bits per heavy atom. The SMILES string of the molecule is COC(=O)C(CC(C)C)NS(=O)(=O)c1ccc(F)c(F)c1. The lowest BCUT2D eigenvalue weighted by Gasteiger charge is -2.18. The van der Waals surface area contributed by atoms with Crippen LogP contribution in [0.2, 0.25) is 0 Å². The van der Waals surface area contributed by atoms with E-state index >= 15 is 0 Å². The van der Waals surface area contributed by atoms with E-state index in [1.54, 1.807) is 0 Å². The van der Waals surface area contributed by atoms with Crippen molar-refractivity contribution < 1.29 is 26.7 Å². The van der Waals surface area contributed by atoms with Crippen LogP contribution in [0.1, 0.15) is 20.3 Å². The molecule has 118 valence electrons. The van der Waals surface area contributed by atoms with Crippen LogP contribution in [0.3, 0.4) is 0 Å². The summed E-state index contributed by atoms with van der Waals surface area (Å²) >= 11 is 0. The number of carbonyl (C=O) groups is 1. The Morgan fingerprint density at radius 1 is 1.29 bits per heavy atom. The smallest absolute Gasteiger partial charge is 0.323 e. The number of esters is 1. The third kappa shape index (κ3) is 4.75. The van der Waals surface area contributed by atoms with Gasteiger partial charge in [0.2, 0.25) is 10.0 Å². The number of rotatable bonds is 6. The highest BCUT2D eigenvalue weighted by atomic mass is 32.2. The number of hydrogen-bond donors (Lipinski definition) is 1. The number of carbonyl (C=O) groups excluding carboxylic acids is 1. The molecule has 0 spiro atoms. The summed E-state index contributed by atoms with van der Waals surface area (Å²) in [5.74, 6) is -3.14. The van der Waals surface area contributed by atoms with Gasteiger partial charge in [0.15, 0.2) is 11.6 Å². The molecule has 1 rings (SSSR count). The summed E-state index contributed by atoms with van der Waals surface area (Å²) in [7, 11) is -3.02. The van der Waals surface area contributed by atoms with Gasteiger partial charge >= 0.3 is 5.97 Å². The van der Waals surface area contributed by atoms with Gasteiger partial charge < -0.3 is 4.74 Å². The number of methoxy groups -OCH3 is 1. The molecule has 1 N–H and O–H groups in total. The zero-order valence-corrected chi connectivity index (χ0v) is 12.7. The zero-order chi connectivity index (χ0) is 16.2. The fourth-order valence-corrected chi connectivity index (χ4v) is 2.91. The highest BCUT2D eigenvalue weighted by Gasteiger charge is 2.27. The molecule has 5 nitrogen and oxygen atoms in total. The molecule has 1 atom stereocenters. The minimum atomic E-state index is -4.16. The Bertz CT molecular complexity index is 617. The minimum absolute atomic E-state index is 0.0294. The van der Waals surface area contributed by atoms with E-state index in [0.717, 1.165) is 13.2 Å². The first kappa shape index (κ1) is 17.5. The van der Waals surface area contributed by atoms with Crippen LogP contribution in [0, 0.1) is 17.6 Å². The molecule has 0 aliphatic heterocycles. The van der Waals surface area contributed by atoms with E-state index in [1.165, 1.54) is 0 Å². The fourth-order valence-electron chi connectivity index (χ4n) is 1.71. The molecule has 0 radical (unpaired) electrons. The van der Waals surface area contributed by atoms with Crippen LogP contribution in [0.4, 0.5) is 8.78 Å². The van der Waals surface area contributed by atoms with Crippen molar-refractivity contribution in [3.63, 3.8) is 0 Å². The number of hydrogen-bond acceptors (Lipinski definition) is 4. The van der Waals surface area contributed by atoms with Crippen molar-refractivity contribution in [2.24, 2.45) is 5.92 Å². The topological polar surface area (TPSA) is 72.5 Å². The van der Waals surface area contributed by atoms with Crippen LogP contribution >= 0.6 is 0 Å². The Kier molecular flexibility index (Phi) is 5.79. The lowest BCUT2D eigenvalue weighted by Crippen LogP contribution is -2.42. The van der Waals surface area contributed by atoms with E-state index in [9.17, 15) is 22.0 Å². The van der Waals surface area contributed by atoms with Gasteiger partial charge in [-0.15, -0.1) is 0 Å². The normalized spacial score (nSPS) is 13.2. The molecule has 0 aromatic heterocycles. The van der Waals surface area contributed by atoms with E-state index < -0.39 is 38.6 Å². The van der Waals surface area contributed by atoms with Gasteiger partial charge in [-0.2, -0.15) is 4.72 Å². The number of benzene rings is 1. The van der Waals surface area contributed by atoms with Gasteiger partial charge in [0.1, 0.15) is 6.04 Å². The molecule has 0 aliphatic rings. The van der Waals surface area contributed by atoms with Gasteiger partial charge in [-0.05, 0) is 30.5 Å². The van der Waals surface area contributed by atoms with Crippen molar-refractivity contribution in [2.45, 2.75) is 31.2 Å². The van der Waals surface area contributed by atoms with E-state index in [-0.39, 0.29) is 12.3 Å². The molecule has 0 saturated carbocycles. The maximum absolute atomic E-state index is 13.1. The molecule has 0 heterocycles. The third-order valence-electron chi connectivity index (χ3n) is 2.69. The summed E-state index contributed by atoms with van der Waals surface area (Å²) in [4.78, 5) is 11.1. The molecule has 0 amide bonds. The van der Waals surface area contributed by atoms with Crippen LogP contribution in [-0.2, 0) is 19.6 Å². The molecule has 0 aliphatic carbocycles. The average Bonchev–Trinajstić information content (AvgIpc) is 2.39. The molecule has 1 aromatic rings. The van der Waals surface area contributed by atoms with Crippen molar-refractivity contribution >= 4 is 16.0 Å². The van der Waals surface area contributed by atoms with E-state index in [0.29, 0.717) is 12.1 Å². The second-order valence-electron chi connectivity index (χ2n) is 4.90. The van der Waals surface area contributed by atoms with Crippen LogP contribution in [0.15, 0.2) is 23.1 Å². The first-order valence-electron chi connectivity index (χ1n) is 6.22. The first-order chi connectivity index (χ1) is 9.67. The Hall–Kier alpha value is -1.54. The summed E-state index contributed by atoms with van der Waals surface area (Å²) in [5, 5.41) is 0. The Morgan fingerprint density at radius 2 is 1.90 bits per heavy atom. The molecular formula is C13H17F2NO4S. The van der Waals surface area contributed by atoms with Crippen LogP contribution in [-0.4, -0.2) is 27.5 Å². The largest absolute Gasteiger partial charge is 0.468 e. The monoisotopic (exact) mass is 321 g/mol. The fraction of sp³-hybridized carbons (Fsp3) is 0.462. The van der Waals surface area contributed by atoms with E-state index in [1.807, 2.05) is 13.8 Å². The average molecular weight is 321 g/mol. The van der Waals surface area contributed by atoms with E-state index in [2.05, 4.69) is 9.46 Å². The number of sulfonamides is 1. The predicted molar refractivity (Wildman–Crippen MR) is 71.9 cm³/mol. The predicted octanol–water partition coefficient (Wildman–Crippen LogP) is 1.83. The lowest BCUT2D eigenvalue weighted by molar-refractivity contribution is -0.143. The Balaban J connectivity index is 3.05.